The summed E-state index contributed by atoms with van der Waals surface area (Å²) in [6.45, 7) is 3.33. The second-order valence-electron chi connectivity index (χ2n) is 5.59. The van der Waals surface area contributed by atoms with Gasteiger partial charge in [-0.3, -0.25) is 4.79 Å². The van der Waals surface area contributed by atoms with Crippen molar-refractivity contribution in [3.8, 4) is 0 Å². The van der Waals surface area contributed by atoms with Gasteiger partial charge in [0, 0.05) is 6.54 Å². The normalized spacial score (nSPS) is 12.8. The van der Waals surface area contributed by atoms with Crippen LogP contribution in [0.25, 0.3) is 0 Å². The van der Waals surface area contributed by atoms with Crippen molar-refractivity contribution in [3.05, 3.63) is 66.0 Å². The molecular formula is C18H21FN2O3S. The first-order valence-corrected chi connectivity index (χ1v) is 9.38. The Bertz CT molecular complexity index is 808. The summed E-state index contributed by atoms with van der Waals surface area (Å²) in [6.07, 6.45) is 0. The van der Waals surface area contributed by atoms with Crippen LogP contribution < -0.4 is 5.32 Å². The van der Waals surface area contributed by atoms with Crippen LogP contribution in [0.4, 0.5) is 4.39 Å². The monoisotopic (exact) mass is 364 g/mol. The van der Waals surface area contributed by atoms with Crippen molar-refractivity contribution >= 4 is 15.9 Å². The topological polar surface area (TPSA) is 66.5 Å². The summed E-state index contributed by atoms with van der Waals surface area (Å²) >= 11 is 0. The predicted molar refractivity (Wildman–Crippen MR) is 93.8 cm³/mol. The van der Waals surface area contributed by atoms with Crippen LogP contribution in [-0.2, 0) is 14.8 Å². The fourth-order valence-electron chi connectivity index (χ4n) is 2.39. The molecule has 0 saturated carbocycles. The minimum Gasteiger partial charge on any atom is -0.348 e. The van der Waals surface area contributed by atoms with Gasteiger partial charge in [-0.15, -0.1) is 0 Å². The molecule has 0 fully saturated rings. The van der Waals surface area contributed by atoms with Crippen LogP contribution in [0.15, 0.2) is 59.5 Å². The van der Waals surface area contributed by atoms with Crippen molar-refractivity contribution in [1.82, 2.24) is 9.62 Å². The number of carbonyl (C=O) groups is 1. The molecule has 0 bridgehead atoms. The number of likely N-dealkylation sites (N-methyl/N-ethyl adjacent to an activating group) is 1. The summed E-state index contributed by atoms with van der Waals surface area (Å²) in [4.78, 5) is 12.4. The highest BCUT2D eigenvalue weighted by Gasteiger charge is 2.25. The molecule has 1 atom stereocenters. The zero-order valence-electron chi connectivity index (χ0n) is 14.1. The molecule has 0 radical (unpaired) electrons. The summed E-state index contributed by atoms with van der Waals surface area (Å²) in [5.74, 6) is -0.772. The van der Waals surface area contributed by atoms with E-state index in [0.717, 1.165) is 9.87 Å². The van der Waals surface area contributed by atoms with Crippen molar-refractivity contribution in [2.75, 3.05) is 13.1 Å². The van der Waals surface area contributed by atoms with Gasteiger partial charge in [-0.1, -0.05) is 37.3 Å². The lowest BCUT2D eigenvalue weighted by Crippen LogP contribution is -2.41. The number of rotatable bonds is 7. The molecule has 5 nitrogen and oxygen atoms in total. The number of halogens is 1. The van der Waals surface area contributed by atoms with E-state index in [1.165, 1.54) is 24.3 Å². The molecule has 0 aliphatic heterocycles. The summed E-state index contributed by atoms with van der Waals surface area (Å²) in [6, 6.07) is 13.4. The van der Waals surface area contributed by atoms with Crippen LogP contribution >= 0.6 is 0 Å². The Morgan fingerprint density at radius 3 is 2.28 bits per heavy atom. The van der Waals surface area contributed by atoms with E-state index >= 15 is 0 Å². The van der Waals surface area contributed by atoms with Gasteiger partial charge in [0.25, 0.3) is 0 Å². The fraction of sp³-hybridized carbons (Fsp3) is 0.278. The van der Waals surface area contributed by atoms with Crippen LogP contribution in [-0.4, -0.2) is 31.7 Å². The molecule has 2 rings (SSSR count). The first kappa shape index (κ1) is 19.1. The van der Waals surface area contributed by atoms with Gasteiger partial charge in [-0.05, 0) is 36.8 Å². The minimum atomic E-state index is -3.73. The van der Waals surface area contributed by atoms with Crippen LogP contribution in [0.1, 0.15) is 25.5 Å². The summed E-state index contributed by atoms with van der Waals surface area (Å²) in [5, 5.41) is 2.74. The molecule has 0 aromatic heterocycles. The van der Waals surface area contributed by atoms with Gasteiger partial charge >= 0.3 is 0 Å². The van der Waals surface area contributed by atoms with Gasteiger partial charge in [0.1, 0.15) is 5.82 Å². The van der Waals surface area contributed by atoms with Gasteiger partial charge in [-0.25, -0.2) is 12.8 Å². The van der Waals surface area contributed by atoms with E-state index in [-0.39, 0.29) is 29.8 Å². The number of hydrogen-bond donors (Lipinski definition) is 1. The Morgan fingerprint density at radius 1 is 1.12 bits per heavy atom. The number of hydrogen-bond acceptors (Lipinski definition) is 3. The van der Waals surface area contributed by atoms with E-state index in [2.05, 4.69) is 5.32 Å². The quantitative estimate of drug-likeness (QED) is 0.821. The Balaban J connectivity index is 2.06. The summed E-state index contributed by atoms with van der Waals surface area (Å²) in [5.41, 5.74) is 0.740. The zero-order valence-corrected chi connectivity index (χ0v) is 15.0. The highest BCUT2D eigenvalue weighted by atomic mass is 32.2. The van der Waals surface area contributed by atoms with E-state index in [1.54, 1.807) is 44.2 Å². The average molecular weight is 364 g/mol. The Kier molecular flexibility index (Phi) is 6.27. The van der Waals surface area contributed by atoms with Crippen LogP contribution in [0.5, 0.6) is 0 Å². The molecule has 0 unspecified atom stereocenters. The Labute approximate surface area is 147 Å². The Hall–Kier alpha value is -2.25. The second-order valence-corrected chi connectivity index (χ2v) is 7.52. The third-order valence-electron chi connectivity index (χ3n) is 3.80. The number of nitrogens with one attached hydrogen (secondary N) is 1. The van der Waals surface area contributed by atoms with Crippen LogP contribution in [0.2, 0.25) is 0 Å². The molecule has 0 heterocycles. The maximum atomic E-state index is 13.0. The second kappa shape index (κ2) is 8.22. The van der Waals surface area contributed by atoms with Gasteiger partial charge < -0.3 is 5.32 Å². The number of sulfonamides is 1. The average Bonchev–Trinajstić information content (AvgIpc) is 2.60. The van der Waals surface area contributed by atoms with Gasteiger partial charge in [0.15, 0.2) is 0 Å². The zero-order chi connectivity index (χ0) is 18.4. The predicted octanol–water partition coefficient (Wildman–Crippen LogP) is 2.71. The molecule has 0 aliphatic carbocycles. The van der Waals surface area contributed by atoms with Crippen molar-refractivity contribution in [2.45, 2.75) is 24.8 Å². The first-order valence-electron chi connectivity index (χ1n) is 7.94. The van der Waals surface area contributed by atoms with Crippen molar-refractivity contribution in [3.63, 3.8) is 0 Å². The van der Waals surface area contributed by atoms with Crippen molar-refractivity contribution < 1.29 is 17.6 Å². The first-order chi connectivity index (χ1) is 11.8. The fourth-order valence-corrected chi connectivity index (χ4v) is 3.82. The number of amides is 1. The van der Waals surface area contributed by atoms with Crippen molar-refractivity contribution in [1.29, 1.82) is 0 Å². The van der Waals surface area contributed by atoms with E-state index in [4.69, 9.17) is 0 Å². The molecule has 25 heavy (non-hydrogen) atoms. The number of nitrogens with zero attached hydrogens (tertiary/aromatic N) is 1. The van der Waals surface area contributed by atoms with Gasteiger partial charge in [0.05, 0.1) is 17.5 Å². The third-order valence-corrected chi connectivity index (χ3v) is 5.74. The lowest BCUT2D eigenvalue weighted by Gasteiger charge is -2.21. The molecule has 0 aliphatic rings. The van der Waals surface area contributed by atoms with Gasteiger partial charge in [0.2, 0.25) is 15.9 Å². The maximum absolute atomic E-state index is 13.0. The summed E-state index contributed by atoms with van der Waals surface area (Å²) in [7, 11) is -3.73. The van der Waals surface area contributed by atoms with Crippen LogP contribution in [0.3, 0.4) is 0 Å². The van der Waals surface area contributed by atoms with Crippen LogP contribution in [0, 0.1) is 5.82 Å². The van der Waals surface area contributed by atoms with E-state index in [0.29, 0.717) is 0 Å². The molecule has 1 amide bonds. The molecule has 2 aromatic carbocycles. The number of carbonyl (C=O) groups excluding carboxylic acids is 1. The molecule has 0 spiro atoms. The minimum absolute atomic E-state index is 0.149. The largest absolute Gasteiger partial charge is 0.348 e. The smallest absolute Gasteiger partial charge is 0.243 e. The molecule has 134 valence electrons. The highest BCUT2D eigenvalue weighted by molar-refractivity contribution is 7.89. The van der Waals surface area contributed by atoms with E-state index in [1.807, 2.05) is 0 Å². The van der Waals surface area contributed by atoms with Crippen molar-refractivity contribution in [2.24, 2.45) is 0 Å². The standard InChI is InChI=1S/C18H21FN2O3S/c1-3-21(25(23,24)17-7-5-4-6-8-17)13-18(22)20-14(2)15-9-11-16(19)12-10-15/h4-12,14H,3,13H2,1-2H3,(H,20,22)/t14-/m0/s1. The molecule has 1 N–H and O–H groups in total. The number of benzene rings is 2. The lowest BCUT2D eigenvalue weighted by atomic mass is 10.1. The molecule has 2 aromatic rings. The van der Waals surface area contributed by atoms with E-state index in [9.17, 15) is 17.6 Å². The molecular weight excluding hydrogens is 343 g/mol. The third kappa shape index (κ3) is 4.87. The molecule has 7 heteroatoms. The SMILES string of the molecule is CCN(CC(=O)N[C@@H](C)c1ccc(F)cc1)S(=O)(=O)c1ccccc1. The van der Waals surface area contributed by atoms with E-state index < -0.39 is 15.9 Å². The van der Waals surface area contributed by atoms with Gasteiger partial charge in [-0.2, -0.15) is 4.31 Å². The summed E-state index contributed by atoms with van der Waals surface area (Å²) < 4.78 is 39.3. The molecule has 0 saturated heterocycles. The maximum Gasteiger partial charge on any atom is 0.243 e. The lowest BCUT2D eigenvalue weighted by molar-refractivity contribution is -0.121. The Morgan fingerprint density at radius 2 is 1.72 bits per heavy atom. The highest BCUT2D eigenvalue weighted by Crippen LogP contribution is 2.16.